The lowest BCUT2D eigenvalue weighted by Crippen LogP contribution is -2.26. The number of hydrogen-bond acceptors (Lipinski definition) is 6. The molecule has 32 heavy (non-hydrogen) atoms. The lowest BCUT2D eigenvalue weighted by Gasteiger charge is -2.21. The van der Waals surface area contributed by atoms with E-state index in [-0.39, 0.29) is 5.56 Å². The Morgan fingerprint density at radius 2 is 1.84 bits per heavy atom. The molecule has 0 aliphatic carbocycles. The molecule has 4 heterocycles. The molecule has 5 rings (SSSR count). The molecule has 2 aliphatic rings. The van der Waals surface area contributed by atoms with Crippen molar-refractivity contribution in [1.82, 2.24) is 20.3 Å². The summed E-state index contributed by atoms with van der Waals surface area (Å²) < 4.78 is 41.0. The number of aromatic nitrogens is 3. The van der Waals surface area contributed by atoms with E-state index in [1.54, 1.807) is 20.0 Å². The zero-order chi connectivity index (χ0) is 22.4. The fraction of sp³-hybridized carbons (Fsp3) is 0.435. The summed E-state index contributed by atoms with van der Waals surface area (Å²) >= 11 is 0. The molecule has 168 valence electrons. The van der Waals surface area contributed by atoms with Crippen molar-refractivity contribution >= 4 is 22.5 Å². The second-order valence-corrected chi connectivity index (χ2v) is 8.68. The number of rotatable bonds is 5. The highest BCUT2D eigenvalue weighted by Crippen LogP contribution is 2.33. The van der Waals surface area contributed by atoms with Crippen LogP contribution in [0.15, 0.2) is 30.5 Å². The SMILES string of the molecule is Cc1nc(NC(C)c2cccc(C(F)F)c2F)c2cc(N3CC4CNCC4C3)ncc2n1. The van der Waals surface area contributed by atoms with Crippen molar-refractivity contribution in [2.24, 2.45) is 11.8 Å². The summed E-state index contributed by atoms with van der Waals surface area (Å²) in [4.78, 5) is 15.9. The Labute approximate surface area is 184 Å². The third-order valence-electron chi connectivity index (χ3n) is 6.51. The monoisotopic (exact) mass is 442 g/mol. The summed E-state index contributed by atoms with van der Waals surface area (Å²) in [6.45, 7) is 7.47. The van der Waals surface area contributed by atoms with E-state index >= 15 is 0 Å². The maximum atomic E-state index is 14.7. The highest BCUT2D eigenvalue weighted by molar-refractivity contribution is 5.90. The molecule has 3 aromatic rings. The summed E-state index contributed by atoms with van der Waals surface area (Å²) in [5.74, 6) is 2.31. The van der Waals surface area contributed by atoms with Crippen molar-refractivity contribution in [2.75, 3.05) is 36.4 Å². The molecule has 6 nitrogen and oxygen atoms in total. The summed E-state index contributed by atoms with van der Waals surface area (Å²) in [5.41, 5.74) is 0.251. The molecule has 2 N–H and O–H groups in total. The van der Waals surface area contributed by atoms with Crippen molar-refractivity contribution in [1.29, 1.82) is 0 Å². The Balaban J connectivity index is 1.47. The summed E-state index contributed by atoms with van der Waals surface area (Å²) in [6, 6.07) is 5.46. The number of fused-ring (bicyclic) bond motifs is 2. The fourth-order valence-electron chi connectivity index (χ4n) is 4.82. The number of alkyl halides is 2. The van der Waals surface area contributed by atoms with Gasteiger partial charge in [0.25, 0.3) is 6.43 Å². The number of nitrogens with zero attached hydrogens (tertiary/aromatic N) is 4. The van der Waals surface area contributed by atoms with Gasteiger partial charge in [0.2, 0.25) is 0 Å². The number of anilines is 2. The molecule has 0 spiro atoms. The molecular formula is C23H25F3N6. The van der Waals surface area contributed by atoms with Crippen molar-refractivity contribution in [3.63, 3.8) is 0 Å². The first-order valence-corrected chi connectivity index (χ1v) is 10.8. The minimum absolute atomic E-state index is 0.168. The maximum absolute atomic E-state index is 14.7. The van der Waals surface area contributed by atoms with Crippen LogP contribution in [-0.2, 0) is 0 Å². The van der Waals surface area contributed by atoms with Gasteiger partial charge >= 0.3 is 0 Å². The molecule has 0 radical (unpaired) electrons. The summed E-state index contributed by atoms with van der Waals surface area (Å²) in [7, 11) is 0. The Bertz CT molecular complexity index is 1140. The minimum Gasteiger partial charge on any atom is -0.363 e. The van der Waals surface area contributed by atoms with Crippen LogP contribution in [0.25, 0.3) is 10.9 Å². The van der Waals surface area contributed by atoms with E-state index in [0.29, 0.717) is 29.0 Å². The van der Waals surface area contributed by atoms with Crippen LogP contribution in [0, 0.1) is 24.6 Å². The largest absolute Gasteiger partial charge is 0.363 e. The molecule has 2 aromatic heterocycles. The van der Waals surface area contributed by atoms with E-state index in [2.05, 4.69) is 30.5 Å². The van der Waals surface area contributed by atoms with Gasteiger partial charge < -0.3 is 15.5 Å². The lowest BCUT2D eigenvalue weighted by atomic mass is 10.0. The van der Waals surface area contributed by atoms with Crippen LogP contribution in [0.1, 0.15) is 36.3 Å². The smallest absolute Gasteiger partial charge is 0.266 e. The first-order chi connectivity index (χ1) is 15.4. The number of hydrogen-bond donors (Lipinski definition) is 2. The van der Waals surface area contributed by atoms with Crippen molar-refractivity contribution in [3.8, 4) is 0 Å². The van der Waals surface area contributed by atoms with Gasteiger partial charge in [-0.2, -0.15) is 0 Å². The summed E-state index contributed by atoms with van der Waals surface area (Å²) in [5, 5.41) is 7.42. The van der Waals surface area contributed by atoms with Crippen LogP contribution in [-0.4, -0.2) is 41.1 Å². The van der Waals surface area contributed by atoms with E-state index in [1.807, 2.05) is 6.07 Å². The molecule has 0 saturated carbocycles. The van der Waals surface area contributed by atoms with Gasteiger partial charge in [0, 0.05) is 37.1 Å². The normalized spacial score (nSPS) is 21.4. The third kappa shape index (κ3) is 3.74. The topological polar surface area (TPSA) is 66.0 Å². The van der Waals surface area contributed by atoms with E-state index in [4.69, 9.17) is 0 Å². The Morgan fingerprint density at radius 3 is 2.56 bits per heavy atom. The average molecular weight is 442 g/mol. The zero-order valence-electron chi connectivity index (χ0n) is 17.9. The number of nitrogens with one attached hydrogen (secondary N) is 2. The molecule has 1 aromatic carbocycles. The van der Waals surface area contributed by atoms with Gasteiger partial charge in [-0.05, 0) is 31.7 Å². The van der Waals surface area contributed by atoms with Crippen LogP contribution >= 0.6 is 0 Å². The molecule has 9 heteroatoms. The Kier molecular flexibility index (Phi) is 5.36. The number of halogens is 3. The molecular weight excluding hydrogens is 417 g/mol. The van der Waals surface area contributed by atoms with Crippen molar-refractivity contribution in [3.05, 3.63) is 53.2 Å². The second-order valence-electron chi connectivity index (χ2n) is 8.68. The molecule has 3 atom stereocenters. The number of benzene rings is 1. The summed E-state index contributed by atoms with van der Waals surface area (Å²) in [6.07, 6.45) is -1.13. The predicted octanol–water partition coefficient (Wildman–Crippen LogP) is 4.24. The number of pyridine rings is 1. The van der Waals surface area contributed by atoms with Gasteiger partial charge in [0.15, 0.2) is 0 Å². The molecule has 0 amide bonds. The quantitative estimate of drug-likeness (QED) is 0.616. The van der Waals surface area contributed by atoms with Crippen molar-refractivity contribution in [2.45, 2.75) is 26.3 Å². The molecule has 2 fully saturated rings. The highest BCUT2D eigenvalue weighted by atomic mass is 19.3. The molecule has 3 unspecified atom stereocenters. The highest BCUT2D eigenvalue weighted by Gasteiger charge is 2.36. The third-order valence-corrected chi connectivity index (χ3v) is 6.51. The van der Waals surface area contributed by atoms with E-state index < -0.39 is 23.8 Å². The van der Waals surface area contributed by atoms with Crippen LogP contribution in [0.2, 0.25) is 0 Å². The van der Waals surface area contributed by atoms with Crippen LogP contribution < -0.4 is 15.5 Å². The second kappa shape index (κ2) is 8.20. The van der Waals surface area contributed by atoms with Crippen LogP contribution in [0.3, 0.4) is 0 Å². The first-order valence-electron chi connectivity index (χ1n) is 10.8. The van der Waals surface area contributed by atoms with Gasteiger partial charge in [0.1, 0.15) is 23.3 Å². The molecule has 2 saturated heterocycles. The minimum atomic E-state index is -2.87. The maximum Gasteiger partial charge on any atom is 0.266 e. The van der Waals surface area contributed by atoms with Gasteiger partial charge in [-0.15, -0.1) is 0 Å². The van der Waals surface area contributed by atoms with Gasteiger partial charge in [-0.1, -0.05) is 18.2 Å². The number of aryl methyl sites for hydroxylation is 1. The first kappa shape index (κ1) is 20.9. The Morgan fingerprint density at radius 1 is 1.12 bits per heavy atom. The van der Waals surface area contributed by atoms with Crippen molar-refractivity contribution < 1.29 is 13.2 Å². The fourth-order valence-corrected chi connectivity index (χ4v) is 4.82. The average Bonchev–Trinajstić information content (AvgIpc) is 3.35. The Hall–Kier alpha value is -2.94. The molecule has 0 bridgehead atoms. The standard InChI is InChI=1S/C23H25F3N6/c1-12(16-4-3-5-17(21(16)24)22(25)26)29-23-18-6-20(28-9-19(18)30-13(2)31-23)32-10-14-7-27-8-15(14)11-32/h3-6,9,12,14-15,22,27H,7-8,10-11H2,1-2H3,(H,29,30,31). The van der Waals surface area contributed by atoms with Crippen LogP contribution in [0.4, 0.5) is 24.8 Å². The van der Waals surface area contributed by atoms with E-state index in [0.717, 1.165) is 43.4 Å². The van der Waals surface area contributed by atoms with E-state index in [9.17, 15) is 13.2 Å². The van der Waals surface area contributed by atoms with Crippen LogP contribution in [0.5, 0.6) is 0 Å². The predicted molar refractivity (Wildman–Crippen MR) is 118 cm³/mol. The van der Waals surface area contributed by atoms with Gasteiger partial charge in [-0.3, -0.25) is 0 Å². The van der Waals surface area contributed by atoms with E-state index in [1.165, 1.54) is 12.1 Å². The zero-order valence-corrected chi connectivity index (χ0v) is 17.9. The molecule has 2 aliphatic heterocycles. The van der Waals surface area contributed by atoms with Gasteiger partial charge in [0.05, 0.1) is 23.3 Å². The van der Waals surface area contributed by atoms with Gasteiger partial charge in [-0.25, -0.2) is 28.1 Å². The lowest BCUT2D eigenvalue weighted by molar-refractivity contribution is 0.146.